The third-order valence-corrected chi connectivity index (χ3v) is 13.7. The van der Waals surface area contributed by atoms with Gasteiger partial charge in [0.1, 0.15) is 13.2 Å². The fourth-order valence-electron chi connectivity index (χ4n) is 8.88. The number of rotatable bonds is 58. The molecule has 75 heavy (non-hydrogen) atoms. The van der Waals surface area contributed by atoms with E-state index < -0.39 is 24.3 Å². The van der Waals surface area contributed by atoms with Crippen LogP contribution in [0.3, 0.4) is 0 Å². The molecule has 0 heterocycles. The van der Waals surface area contributed by atoms with Crippen LogP contribution in [0.1, 0.15) is 284 Å². The molecule has 0 aromatic heterocycles. The fraction of sp³-hybridized carbons (Fsp3) is 0.803. The maximum Gasteiger partial charge on any atom is 0.361 e. The minimum absolute atomic E-state index is 0.184. The van der Waals surface area contributed by atoms with Gasteiger partial charge in [-0.1, -0.05) is 248 Å². The molecule has 0 rings (SSSR count). The number of hydrogen-bond acceptors (Lipinski definition) is 7. The zero-order valence-corrected chi connectivity index (χ0v) is 49.7. The zero-order valence-electron chi connectivity index (χ0n) is 49.7. The van der Waals surface area contributed by atoms with E-state index in [0.717, 1.165) is 57.8 Å². The van der Waals surface area contributed by atoms with Crippen molar-refractivity contribution in [1.82, 2.24) is 0 Å². The number of ether oxygens (including phenoxy) is 4. The highest BCUT2D eigenvalue weighted by molar-refractivity contribution is 5.71. The van der Waals surface area contributed by atoms with Crippen LogP contribution in [0.4, 0.5) is 0 Å². The molecule has 0 aromatic rings. The lowest BCUT2D eigenvalue weighted by Crippen LogP contribution is -2.40. The van der Waals surface area contributed by atoms with Crippen LogP contribution in [0.2, 0.25) is 0 Å². The van der Waals surface area contributed by atoms with Gasteiger partial charge in [-0.2, -0.15) is 0 Å². The van der Waals surface area contributed by atoms with Crippen molar-refractivity contribution in [2.45, 2.75) is 296 Å². The van der Waals surface area contributed by atoms with E-state index in [4.69, 9.17) is 18.9 Å². The molecule has 436 valence electrons. The fourth-order valence-corrected chi connectivity index (χ4v) is 8.88. The number of aliphatic carboxylic acids is 1. The lowest BCUT2D eigenvalue weighted by Gasteiger charge is -2.25. The first-order valence-electron chi connectivity index (χ1n) is 31.5. The summed E-state index contributed by atoms with van der Waals surface area (Å²) in [5.74, 6) is -2.00. The van der Waals surface area contributed by atoms with E-state index in [1.807, 2.05) is 21.1 Å². The summed E-state index contributed by atoms with van der Waals surface area (Å²) in [5.41, 5.74) is 0. The summed E-state index contributed by atoms with van der Waals surface area (Å²) >= 11 is 0. The molecule has 0 bridgehead atoms. The van der Waals surface area contributed by atoms with Crippen LogP contribution in [-0.2, 0) is 33.3 Å². The number of carboxylic acids is 1. The maximum absolute atomic E-state index is 12.9. The van der Waals surface area contributed by atoms with E-state index in [-0.39, 0.29) is 32.2 Å². The third-order valence-electron chi connectivity index (χ3n) is 13.7. The first-order chi connectivity index (χ1) is 36.6. The molecule has 0 spiro atoms. The first kappa shape index (κ1) is 72.0. The van der Waals surface area contributed by atoms with Crippen molar-refractivity contribution in [3.8, 4) is 0 Å². The van der Waals surface area contributed by atoms with Crippen molar-refractivity contribution in [2.24, 2.45) is 0 Å². The van der Waals surface area contributed by atoms with E-state index in [1.54, 1.807) is 0 Å². The number of likely N-dealkylation sites (N-methyl/N-ethyl adjacent to an activating group) is 1. The van der Waals surface area contributed by atoms with Gasteiger partial charge in [-0.15, -0.1) is 0 Å². The van der Waals surface area contributed by atoms with Crippen LogP contribution in [0.5, 0.6) is 0 Å². The monoisotopic (exact) mass is 1050 g/mol. The molecule has 0 aliphatic rings. The molecule has 0 amide bonds. The number of nitrogens with zero attached hydrogens (tertiary/aromatic N) is 1. The van der Waals surface area contributed by atoms with Crippen LogP contribution < -0.4 is 0 Å². The van der Waals surface area contributed by atoms with Gasteiger partial charge in [0.15, 0.2) is 6.10 Å². The number of quaternary nitrogens is 1. The molecule has 9 nitrogen and oxygen atoms in total. The normalized spacial score (nSPS) is 13.1. The number of carbonyl (C=O) groups excluding carboxylic acids is 2. The van der Waals surface area contributed by atoms with Crippen molar-refractivity contribution >= 4 is 17.9 Å². The Morgan fingerprint density at radius 1 is 0.400 bits per heavy atom. The number of unbranched alkanes of at least 4 members (excludes halogenated alkanes) is 33. The molecule has 0 saturated carbocycles. The van der Waals surface area contributed by atoms with Gasteiger partial charge < -0.3 is 28.5 Å². The summed E-state index contributed by atoms with van der Waals surface area (Å²) in [6.07, 6.45) is 70.1. The maximum atomic E-state index is 12.9. The summed E-state index contributed by atoms with van der Waals surface area (Å²) < 4.78 is 22.9. The van der Waals surface area contributed by atoms with Gasteiger partial charge in [-0.3, -0.25) is 9.59 Å². The van der Waals surface area contributed by atoms with Gasteiger partial charge >= 0.3 is 17.9 Å². The average Bonchev–Trinajstić information content (AvgIpc) is 3.38. The molecule has 0 saturated heterocycles. The SMILES string of the molecule is CCCCCCC/C=C\C/C=C\C/C=C\CCCCCCCCCCCCCCC(=O)OC(COC(=O)CCCCCCCCCCCCC/C=C\C/C=C\CCCCCCC)COC(OCC[N+](C)(C)C)C(=O)O. The molecule has 0 aliphatic carbocycles. The van der Waals surface area contributed by atoms with E-state index in [9.17, 15) is 19.5 Å². The summed E-state index contributed by atoms with van der Waals surface area (Å²) in [5, 5.41) is 9.72. The molecular formula is C66H120NO8+. The van der Waals surface area contributed by atoms with Gasteiger partial charge in [-0.25, -0.2) is 4.79 Å². The standard InChI is InChI=1S/C66H119NO8/c1-6-8-10-12-14-16-18-20-22-24-26-28-30-31-32-33-35-37-39-41-43-45-47-49-51-53-55-57-64(69)75-62(61-74-66(65(70)71)72-59-58-67(3,4)5)60-73-63(68)56-54-52-50-48-46-44-42-40-38-36-34-29-27-25-23-21-19-17-15-13-11-9-7-2/h18-21,24-27,30-31,62,66H,6-17,22-23,28-29,32-61H2,1-5H3/p+1/b20-18-,21-19-,26-24-,27-25-,31-30-. The Morgan fingerprint density at radius 3 is 1.07 bits per heavy atom. The number of hydrogen-bond donors (Lipinski definition) is 1. The van der Waals surface area contributed by atoms with Crippen LogP contribution in [0.15, 0.2) is 60.8 Å². The van der Waals surface area contributed by atoms with E-state index in [2.05, 4.69) is 74.6 Å². The third kappa shape index (κ3) is 58.5. The number of allylic oxidation sites excluding steroid dienone is 10. The molecular weight excluding hydrogens is 935 g/mol. The summed E-state index contributed by atoms with van der Waals surface area (Å²) in [6, 6.07) is 0. The van der Waals surface area contributed by atoms with Crippen molar-refractivity contribution in [3.63, 3.8) is 0 Å². The van der Waals surface area contributed by atoms with Crippen molar-refractivity contribution in [3.05, 3.63) is 60.8 Å². The van der Waals surface area contributed by atoms with Gasteiger partial charge in [0.05, 0.1) is 34.4 Å². The molecule has 0 fully saturated rings. The van der Waals surface area contributed by atoms with Gasteiger partial charge in [0.25, 0.3) is 6.29 Å². The lowest BCUT2D eigenvalue weighted by atomic mass is 10.0. The second kappa shape index (κ2) is 57.2. The van der Waals surface area contributed by atoms with Gasteiger partial charge in [-0.05, 0) is 83.5 Å². The van der Waals surface area contributed by atoms with Crippen LogP contribution in [0.25, 0.3) is 0 Å². The second-order valence-electron chi connectivity index (χ2n) is 22.4. The minimum atomic E-state index is -1.51. The smallest absolute Gasteiger partial charge is 0.361 e. The molecule has 0 aromatic carbocycles. The van der Waals surface area contributed by atoms with E-state index in [0.29, 0.717) is 17.4 Å². The van der Waals surface area contributed by atoms with E-state index in [1.165, 1.54) is 199 Å². The molecule has 0 radical (unpaired) electrons. The molecule has 1 N–H and O–H groups in total. The van der Waals surface area contributed by atoms with Crippen molar-refractivity contribution in [2.75, 3.05) is 47.5 Å². The molecule has 0 aliphatic heterocycles. The Kier molecular flexibility index (Phi) is 54.9. The highest BCUT2D eigenvalue weighted by Crippen LogP contribution is 2.16. The highest BCUT2D eigenvalue weighted by Gasteiger charge is 2.25. The summed E-state index contributed by atoms with van der Waals surface area (Å²) in [6.45, 7) is 4.88. The Labute approximate surface area is 463 Å². The molecule has 9 heteroatoms. The number of carbonyl (C=O) groups is 3. The van der Waals surface area contributed by atoms with Crippen molar-refractivity contribution < 1.29 is 42.9 Å². The highest BCUT2D eigenvalue weighted by atomic mass is 16.7. The van der Waals surface area contributed by atoms with Gasteiger partial charge in [0.2, 0.25) is 0 Å². The Balaban J connectivity index is 4.20. The topological polar surface area (TPSA) is 108 Å². The average molecular weight is 1060 g/mol. The second-order valence-corrected chi connectivity index (χ2v) is 22.4. The predicted molar refractivity (Wildman–Crippen MR) is 318 cm³/mol. The summed E-state index contributed by atoms with van der Waals surface area (Å²) in [4.78, 5) is 37.5. The minimum Gasteiger partial charge on any atom is -0.477 e. The number of carboxylic acid groups (broad SMARTS) is 1. The Hall–Kier alpha value is -3.01. The van der Waals surface area contributed by atoms with E-state index >= 15 is 0 Å². The summed E-state index contributed by atoms with van der Waals surface area (Å²) in [7, 11) is 5.97. The first-order valence-corrected chi connectivity index (χ1v) is 31.5. The largest absolute Gasteiger partial charge is 0.477 e. The lowest BCUT2D eigenvalue weighted by molar-refractivity contribution is -0.870. The number of esters is 2. The van der Waals surface area contributed by atoms with Crippen molar-refractivity contribution in [1.29, 1.82) is 0 Å². The molecule has 2 atom stereocenters. The van der Waals surface area contributed by atoms with Gasteiger partial charge in [0, 0.05) is 12.8 Å². The zero-order chi connectivity index (χ0) is 54.8. The quantitative estimate of drug-likeness (QED) is 0.0211. The predicted octanol–water partition coefficient (Wildman–Crippen LogP) is 18.8. The van der Waals surface area contributed by atoms with Crippen LogP contribution >= 0.6 is 0 Å². The van der Waals surface area contributed by atoms with Crippen LogP contribution in [-0.4, -0.2) is 87.4 Å². The van der Waals surface area contributed by atoms with Crippen LogP contribution in [0, 0.1) is 0 Å². The molecule has 2 unspecified atom stereocenters. The Morgan fingerprint density at radius 2 is 0.720 bits per heavy atom. The Bertz CT molecular complexity index is 1410.